The van der Waals surface area contributed by atoms with E-state index in [9.17, 15) is 5.11 Å². The highest BCUT2D eigenvalue weighted by atomic mass is 16.3. The first-order valence-electron chi connectivity index (χ1n) is 8.34. The monoisotopic (exact) mass is 329 g/mol. The molecule has 0 atom stereocenters. The number of hydrogen-bond acceptors (Lipinski definition) is 3. The minimum Gasteiger partial charge on any atom is -0.508 e. The Kier molecular flexibility index (Phi) is 3.73. The summed E-state index contributed by atoms with van der Waals surface area (Å²) < 4.78 is 2.04. The van der Waals surface area contributed by atoms with Crippen LogP contribution in [0.15, 0.2) is 67.1 Å². The van der Waals surface area contributed by atoms with Crippen LogP contribution in [-0.4, -0.2) is 19.5 Å². The number of rotatable bonds is 3. The summed E-state index contributed by atoms with van der Waals surface area (Å²) >= 11 is 0. The minimum absolute atomic E-state index is 0.255. The minimum atomic E-state index is 0.255. The van der Waals surface area contributed by atoms with Crippen molar-refractivity contribution in [2.75, 3.05) is 0 Å². The Balaban J connectivity index is 1.83. The van der Waals surface area contributed by atoms with Crippen LogP contribution >= 0.6 is 0 Å². The number of hydrogen-bond donors (Lipinski definition) is 1. The molecule has 0 unspecified atom stereocenters. The number of phenols is 1. The lowest BCUT2D eigenvalue weighted by Gasteiger charge is -2.09. The lowest BCUT2D eigenvalue weighted by atomic mass is 10.00. The molecular formula is C21H19N3O. The van der Waals surface area contributed by atoms with Crippen molar-refractivity contribution >= 4 is 5.65 Å². The number of phenolic OH excluding ortho intramolecular Hbond substituents is 1. The summed E-state index contributed by atoms with van der Waals surface area (Å²) in [6.07, 6.45) is 5.64. The molecule has 4 nitrogen and oxygen atoms in total. The lowest BCUT2D eigenvalue weighted by Crippen LogP contribution is -1.94. The van der Waals surface area contributed by atoms with Gasteiger partial charge in [-0.2, -0.15) is 0 Å². The molecule has 0 amide bonds. The Bertz CT molecular complexity index is 1030. The van der Waals surface area contributed by atoms with Crippen molar-refractivity contribution in [1.29, 1.82) is 0 Å². The molecule has 2 aromatic heterocycles. The molecule has 2 heterocycles. The summed E-state index contributed by atoms with van der Waals surface area (Å²) in [6, 6.07) is 15.6. The van der Waals surface area contributed by atoms with Crippen molar-refractivity contribution < 1.29 is 5.11 Å². The Labute approximate surface area is 146 Å². The van der Waals surface area contributed by atoms with Gasteiger partial charge in [-0.3, -0.25) is 9.38 Å². The molecule has 0 saturated heterocycles. The molecule has 0 radical (unpaired) electrons. The van der Waals surface area contributed by atoms with Crippen LogP contribution in [0.5, 0.6) is 5.75 Å². The van der Waals surface area contributed by atoms with Crippen LogP contribution < -0.4 is 0 Å². The fourth-order valence-electron chi connectivity index (χ4n) is 2.94. The average Bonchev–Trinajstić information content (AvgIpc) is 3.05. The van der Waals surface area contributed by atoms with E-state index in [0.717, 1.165) is 28.2 Å². The van der Waals surface area contributed by atoms with Crippen molar-refractivity contribution in [1.82, 2.24) is 14.4 Å². The number of fused-ring (bicyclic) bond motifs is 1. The van der Waals surface area contributed by atoms with Gasteiger partial charge in [-0.15, -0.1) is 0 Å². The molecule has 4 rings (SSSR count). The van der Waals surface area contributed by atoms with Crippen LogP contribution in [0, 0.1) is 0 Å². The highest BCUT2D eigenvalue weighted by molar-refractivity contribution is 5.67. The molecule has 0 aliphatic heterocycles. The number of imidazole rings is 1. The second-order valence-electron chi connectivity index (χ2n) is 6.47. The van der Waals surface area contributed by atoms with E-state index >= 15 is 0 Å². The van der Waals surface area contributed by atoms with Crippen molar-refractivity contribution in [3.05, 3.63) is 72.7 Å². The van der Waals surface area contributed by atoms with Crippen LogP contribution in [0.1, 0.15) is 25.3 Å². The summed E-state index contributed by atoms with van der Waals surface area (Å²) in [5.41, 5.74) is 6.07. The van der Waals surface area contributed by atoms with Gasteiger partial charge in [0.2, 0.25) is 0 Å². The zero-order valence-corrected chi connectivity index (χ0v) is 14.2. The van der Waals surface area contributed by atoms with Gasteiger partial charge in [-0.25, -0.2) is 4.98 Å². The van der Waals surface area contributed by atoms with Crippen LogP contribution in [0.4, 0.5) is 0 Å². The number of aromatic hydroxyl groups is 1. The van der Waals surface area contributed by atoms with Crippen LogP contribution in [-0.2, 0) is 0 Å². The Morgan fingerprint density at radius 1 is 0.920 bits per heavy atom. The molecule has 0 saturated carbocycles. The first kappa shape index (κ1) is 15.4. The Hall–Kier alpha value is -3.14. The van der Waals surface area contributed by atoms with Crippen LogP contribution in [0.25, 0.3) is 28.2 Å². The van der Waals surface area contributed by atoms with E-state index in [1.165, 1.54) is 5.56 Å². The van der Waals surface area contributed by atoms with Gasteiger partial charge in [0.15, 0.2) is 5.65 Å². The molecule has 1 N–H and O–H groups in total. The van der Waals surface area contributed by atoms with E-state index in [2.05, 4.69) is 48.1 Å². The third-order valence-corrected chi connectivity index (χ3v) is 4.41. The molecule has 25 heavy (non-hydrogen) atoms. The normalized spacial score (nSPS) is 11.3. The molecule has 0 aliphatic carbocycles. The third kappa shape index (κ3) is 2.87. The Morgan fingerprint density at radius 2 is 1.72 bits per heavy atom. The second kappa shape index (κ2) is 6.06. The van der Waals surface area contributed by atoms with Gasteiger partial charge in [0.25, 0.3) is 0 Å². The molecule has 4 heteroatoms. The number of aromatic nitrogens is 3. The maximum absolute atomic E-state index is 9.50. The summed E-state index contributed by atoms with van der Waals surface area (Å²) in [7, 11) is 0. The molecule has 4 aromatic rings. The zero-order valence-electron chi connectivity index (χ0n) is 14.2. The molecular weight excluding hydrogens is 310 g/mol. The molecule has 2 aromatic carbocycles. The van der Waals surface area contributed by atoms with E-state index in [1.807, 2.05) is 28.9 Å². The number of benzene rings is 2. The molecule has 0 aliphatic rings. The van der Waals surface area contributed by atoms with Crippen molar-refractivity contribution in [2.45, 2.75) is 19.8 Å². The maximum atomic E-state index is 9.50. The van der Waals surface area contributed by atoms with Gasteiger partial charge in [-0.1, -0.05) is 32.0 Å². The van der Waals surface area contributed by atoms with Crippen molar-refractivity contribution in [3.8, 4) is 28.3 Å². The highest BCUT2D eigenvalue weighted by Crippen LogP contribution is 2.26. The molecule has 0 spiro atoms. The topological polar surface area (TPSA) is 50.4 Å². The number of nitrogens with zero attached hydrogens (tertiary/aromatic N) is 3. The third-order valence-electron chi connectivity index (χ3n) is 4.41. The summed E-state index contributed by atoms with van der Waals surface area (Å²) in [5.74, 6) is 0.731. The van der Waals surface area contributed by atoms with E-state index < -0.39 is 0 Å². The van der Waals surface area contributed by atoms with Gasteiger partial charge in [0, 0.05) is 17.3 Å². The smallest absolute Gasteiger partial charge is 0.155 e. The molecule has 124 valence electrons. The van der Waals surface area contributed by atoms with Gasteiger partial charge >= 0.3 is 0 Å². The van der Waals surface area contributed by atoms with Crippen molar-refractivity contribution in [3.63, 3.8) is 0 Å². The Morgan fingerprint density at radius 3 is 2.48 bits per heavy atom. The predicted octanol–water partition coefficient (Wildman–Crippen LogP) is 4.89. The van der Waals surface area contributed by atoms with E-state index in [0.29, 0.717) is 5.92 Å². The average molecular weight is 329 g/mol. The molecule has 0 bridgehead atoms. The fraction of sp³-hybridized carbons (Fsp3) is 0.143. The van der Waals surface area contributed by atoms with Gasteiger partial charge < -0.3 is 5.11 Å². The first-order valence-corrected chi connectivity index (χ1v) is 8.34. The first-order chi connectivity index (χ1) is 12.1. The predicted molar refractivity (Wildman–Crippen MR) is 99.6 cm³/mol. The quantitative estimate of drug-likeness (QED) is 0.582. The lowest BCUT2D eigenvalue weighted by molar-refractivity contribution is 0.475. The molecule has 0 fully saturated rings. The summed E-state index contributed by atoms with van der Waals surface area (Å²) in [6.45, 7) is 4.38. The standard InChI is InChI=1S/C21H19N3O/c1-14(2)16-4-3-5-17(10-16)19-13-24-20(11-23-21(24)12-22-19)15-6-8-18(25)9-7-15/h3-14,25H,1-2H3. The maximum Gasteiger partial charge on any atom is 0.155 e. The summed E-state index contributed by atoms with van der Waals surface area (Å²) in [5, 5.41) is 9.50. The van der Waals surface area contributed by atoms with E-state index in [1.54, 1.807) is 18.3 Å². The van der Waals surface area contributed by atoms with E-state index in [4.69, 9.17) is 0 Å². The summed E-state index contributed by atoms with van der Waals surface area (Å²) in [4.78, 5) is 9.01. The SMILES string of the molecule is CC(C)c1cccc(-c2cn3c(-c4ccc(O)cc4)cnc3cn2)c1. The highest BCUT2D eigenvalue weighted by Gasteiger charge is 2.09. The largest absolute Gasteiger partial charge is 0.508 e. The second-order valence-corrected chi connectivity index (χ2v) is 6.47. The zero-order chi connectivity index (χ0) is 17.4. The fourth-order valence-corrected chi connectivity index (χ4v) is 2.94. The van der Waals surface area contributed by atoms with Gasteiger partial charge in [0.05, 0.1) is 23.8 Å². The van der Waals surface area contributed by atoms with Gasteiger partial charge in [0.1, 0.15) is 5.75 Å². The van der Waals surface area contributed by atoms with Crippen molar-refractivity contribution in [2.24, 2.45) is 0 Å². The van der Waals surface area contributed by atoms with Crippen LogP contribution in [0.3, 0.4) is 0 Å². The van der Waals surface area contributed by atoms with Gasteiger partial charge in [-0.05, 0) is 41.8 Å². The van der Waals surface area contributed by atoms with Crippen LogP contribution in [0.2, 0.25) is 0 Å². The van der Waals surface area contributed by atoms with E-state index in [-0.39, 0.29) is 5.75 Å².